The first-order valence-electron chi connectivity index (χ1n) is 8.49. The number of aromatic nitrogens is 1. The number of carbonyl (C=O) groups is 2. The highest BCUT2D eigenvalue weighted by molar-refractivity contribution is 6.34. The van der Waals surface area contributed by atoms with E-state index < -0.39 is 11.8 Å². The van der Waals surface area contributed by atoms with Crippen LogP contribution in [0.5, 0.6) is 0 Å². The van der Waals surface area contributed by atoms with Crippen LogP contribution in [0.3, 0.4) is 0 Å². The first kappa shape index (κ1) is 15.9. The molecule has 1 aromatic heterocycles. The highest BCUT2D eigenvalue weighted by atomic mass is 16.5. The zero-order chi connectivity index (χ0) is 17.2. The number of ether oxygens (including phenoxy) is 1. The van der Waals surface area contributed by atoms with Gasteiger partial charge in [-0.15, -0.1) is 0 Å². The van der Waals surface area contributed by atoms with E-state index in [2.05, 4.69) is 4.98 Å². The average molecular weight is 344 g/mol. The Morgan fingerprint density at radius 3 is 2.20 bits per heavy atom. The van der Waals surface area contributed by atoms with Gasteiger partial charge in [0.25, 0.3) is 6.01 Å². The summed E-state index contributed by atoms with van der Waals surface area (Å²) in [5.74, 6) is -0.863. The van der Waals surface area contributed by atoms with Crippen LogP contribution >= 0.6 is 0 Å². The summed E-state index contributed by atoms with van der Waals surface area (Å²) < 4.78 is 11.0. The van der Waals surface area contributed by atoms with Crippen LogP contribution in [0.1, 0.15) is 0 Å². The molecule has 3 heterocycles. The molecule has 2 saturated heterocycles. The van der Waals surface area contributed by atoms with E-state index in [1.165, 1.54) is 0 Å². The van der Waals surface area contributed by atoms with Gasteiger partial charge in [-0.25, -0.2) is 0 Å². The molecular weight excluding hydrogens is 324 g/mol. The summed E-state index contributed by atoms with van der Waals surface area (Å²) in [7, 11) is 0. The van der Waals surface area contributed by atoms with E-state index in [9.17, 15) is 9.59 Å². The zero-order valence-corrected chi connectivity index (χ0v) is 13.9. The lowest BCUT2D eigenvalue weighted by Crippen LogP contribution is -2.54. The monoisotopic (exact) mass is 344 g/mol. The second kappa shape index (κ2) is 6.72. The molecule has 0 atom stereocenters. The van der Waals surface area contributed by atoms with Crippen molar-refractivity contribution in [2.45, 2.75) is 0 Å². The van der Waals surface area contributed by atoms with E-state index in [0.29, 0.717) is 58.5 Å². The number of para-hydroxylation sites is 2. The van der Waals surface area contributed by atoms with Gasteiger partial charge in [-0.2, -0.15) is 4.98 Å². The minimum Gasteiger partial charge on any atom is -0.423 e. The van der Waals surface area contributed by atoms with Crippen molar-refractivity contribution in [2.75, 3.05) is 57.4 Å². The lowest BCUT2D eigenvalue weighted by Gasteiger charge is -2.35. The smallest absolute Gasteiger partial charge is 0.312 e. The number of anilines is 1. The molecular formula is C17H20N4O4. The number of amides is 2. The number of hydrogen-bond donors (Lipinski definition) is 0. The van der Waals surface area contributed by atoms with Crippen molar-refractivity contribution >= 4 is 28.9 Å². The molecule has 8 nitrogen and oxygen atoms in total. The first-order chi connectivity index (χ1) is 12.2. The SMILES string of the molecule is O=C(C(=O)N1CCN(c2nc3ccccc3o2)CC1)N1CCOCC1. The van der Waals surface area contributed by atoms with Crippen molar-refractivity contribution in [1.82, 2.24) is 14.8 Å². The van der Waals surface area contributed by atoms with Crippen LogP contribution < -0.4 is 4.90 Å². The number of carbonyl (C=O) groups excluding carboxylic acids is 2. The van der Waals surface area contributed by atoms with Gasteiger partial charge in [0, 0.05) is 39.3 Å². The van der Waals surface area contributed by atoms with Gasteiger partial charge in [0.15, 0.2) is 5.58 Å². The van der Waals surface area contributed by atoms with Gasteiger partial charge in [0.2, 0.25) is 0 Å². The van der Waals surface area contributed by atoms with Crippen molar-refractivity contribution in [3.8, 4) is 0 Å². The Labute approximate surface area is 144 Å². The Morgan fingerprint density at radius 2 is 1.52 bits per heavy atom. The predicted octanol–water partition coefficient (Wildman–Crippen LogP) is 0.335. The standard InChI is InChI=1S/C17H20N4O4/c22-15(16(23)20-9-11-24-12-10-20)19-5-7-21(8-6-19)17-18-13-3-1-2-4-14(13)25-17/h1-4H,5-12H2. The maximum absolute atomic E-state index is 12.4. The predicted molar refractivity (Wildman–Crippen MR) is 90.2 cm³/mol. The molecule has 2 aliphatic rings. The van der Waals surface area contributed by atoms with Crippen LogP contribution in [0.4, 0.5) is 6.01 Å². The molecule has 8 heteroatoms. The fourth-order valence-corrected chi connectivity index (χ4v) is 3.13. The van der Waals surface area contributed by atoms with Crippen molar-refractivity contribution < 1.29 is 18.7 Å². The molecule has 2 aromatic rings. The van der Waals surface area contributed by atoms with E-state index in [1.807, 2.05) is 29.2 Å². The molecule has 2 amide bonds. The third-order valence-electron chi connectivity index (χ3n) is 4.60. The Kier molecular flexibility index (Phi) is 4.27. The number of piperazine rings is 1. The summed E-state index contributed by atoms with van der Waals surface area (Å²) in [5, 5.41) is 0. The molecule has 0 aliphatic carbocycles. The molecule has 132 valence electrons. The third kappa shape index (κ3) is 3.17. The molecule has 2 fully saturated rings. The Morgan fingerprint density at radius 1 is 0.880 bits per heavy atom. The molecule has 0 N–H and O–H groups in total. The molecule has 0 radical (unpaired) electrons. The van der Waals surface area contributed by atoms with Gasteiger partial charge in [-0.3, -0.25) is 9.59 Å². The summed E-state index contributed by atoms with van der Waals surface area (Å²) in [6.45, 7) is 4.08. The molecule has 2 aliphatic heterocycles. The molecule has 0 unspecified atom stereocenters. The summed E-state index contributed by atoms with van der Waals surface area (Å²) in [4.78, 5) is 34.4. The van der Waals surface area contributed by atoms with Crippen molar-refractivity contribution in [3.05, 3.63) is 24.3 Å². The first-order valence-corrected chi connectivity index (χ1v) is 8.49. The number of nitrogens with zero attached hydrogens (tertiary/aromatic N) is 4. The number of rotatable bonds is 1. The van der Waals surface area contributed by atoms with E-state index in [1.54, 1.807) is 9.80 Å². The van der Waals surface area contributed by atoms with E-state index in [-0.39, 0.29) is 0 Å². The van der Waals surface area contributed by atoms with E-state index in [4.69, 9.17) is 9.15 Å². The number of oxazole rings is 1. The number of benzene rings is 1. The van der Waals surface area contributed by atoms with Gasteiger partial charge < -0.3 is 23.9 Å². The summed E-state index contributed by atoms with van der Waals surface area (Å²) in [6.07, 6.45) is 0. The van der Waals surface area contributed by atoms with E-state index >= 15 is 0 Å². The van der Waals surface area contributed by atoms with E-state index in [0.717, 1.165) is 11.1 Å². The molecule has 0 saturated carbocycles. The van der Waals surface area contributed by atoms with Gasteiger partial charge in [0.1, 0.15) is 5.52 Å². The zero-order valence-electron chi connectivity index (χ0n) is 13.9. The number of fused-ring (bicyclic) bond motifs is 1. The summed E-state index contributed by atoms with van der Waals surface area (Å²) in [6, 6.07) is 8.18. The van der Waals surface area contributed by atoms with Gasteiger partial charge in [0.05, 0.1) is 13.2 Å². The molecule has 25 heavy (non-hydrogen) atoms. The molecule has 0 bridgehead atoms. The normalized spacial score (nSPS) is 18.6. The van der Waals surface area contributed by atoms with Crippen LogP contribution in [-0.4, -0.2) is 79.1 Å². The quantitative estimate of drug-likeness (QED) is 0.694. The van der Waals surface area contributed by atoms with Crippen LogP contribution in [-0.2, 0) is 14.3 Å². The van der Waals surface area contributed by atoms with Crippen LogP contribution in [0, 0.1) is 0 Å². The van der Waals surface area contributed by atoms with Gasteiger partial charge in [-0.1, -0.05) is 12.1 Å². The van der Waals surface area contributed by atoms with Crippen LogP contribution in [0.2, 0.25) is 0 Å². The topological polar surface area (TPSA) is 79.1 Å². The Balaban J connectivity index is 1.37. The Bertz CT molecular complexity index is 743. The largest absolute Gasteiger partial charge is 0.423 e. The maximum atomic E-state index is 12.4. The summed E-state index contributed by atoms with van der Waals surface area (Å²) >= 11 is 0. The summed E-state index contributed by atoms with van der Waals surface area (Å²) in [5.41, 5.74) is 1.57. The second-order valence-corrected chi connectivity index (χ2v) is 6.15. The lowest BCUT2D eigenvalue weighted by atomic mass is 10.3. The second-order valence-electron chi connectivity index (χ2n) is 6.15. The van der Waals surface area contributed by atoms with Crippen LogP contribution in [0.15, 0.2) is 28.7 Å². The van der Waals surface area contributed by atoms with Gasteiger partial charge in [-0.05, 0) is 12.1 Å². The fourth-order valence-electron chi connectivity index (χ4n) is 3.13. The average Bonchev–Trinajstić information content (AvgIpc) is 3.12. The number of hydrogen-bond acceptors (Lipinski definition) is 6. The third-order valence-corrected chi connectivity index (χ3v) is 4.60. The Hall–Kier alpha value is -2.61. The maximum Gasteiger partial charge on any atom is 0.312 e. The minimum atomic E-state index is -0.432. The van der Waals surface area contributed by atoms with Gasteiger partial charge >= 0.3 is 11.8 Å². The van der Waals surface area contributed by atoms with Crippen molar-refractivity contribution in [1.29, 1.82) is 0 Å². The molecule has 4 rings (SSSR count). The highest BCUT2D eigenvalue weighted by Gasteiger charge is 2.31. The molecule has 1 aromatic carbocycles. The van der Waals surface area contributed by atoms with Crippen molar-refractivity contribution in [3.63, 3.8) is 0 Å². The lowest BCUT2D eigenvalue weighted by molar-refractivity contribution is -0.154. The molecule has 0 spiro atoms. The number of morpholine rings is 1. The fraction of sp³-hybridized carbons (Fsp3) is 0.471. The van der Waals surface area contributed by atoms with Crippen LogP contribution in [0.25, 0.3) is 11.1 Å². The van der Waals surface area contributed by atoms with Crippen molar-refractivity contribution in [2.24, 2.45) is 0 Å². The minimum absolute atomic E-state index is 0.431. The highest BCUT2D eigenvalue weighted by Crippen LogP contribution is 2.22.